The first-order valence-electron chi connectivity index (χ1n) is 10.9. The lowest BCUT2D eigenvalue weighted by molar-refractivity contribution is -0.0311. The molecule has 3 N–H and O–H groups in total. The van der Waals surface area contributed by atoms with Crippen molar-refractivity contribution in [3.63, 3.8) is 0 Å². The van der Waals surface area contributed by atoms with Gasteiger partial charge in [-0.25, -0.2) is 23.7 Å². The van der Waals surface area contributed by atoms with Gasteiger partial charge in [0.1, 0.15) is 0 Å². The zero-order chi connectivity index (χ0) is 24.7. The number of amides is 1. The van der Waals surface area contributed by atoms with E-state index in [4.69, 9.17) is 10.5 Å². The quantitative estimate of drug-likeness (QED) is 0.440. The molecule has 1 aromatic carbocycles. The molecule has 3 aromatic heterocycles. The van der Waals surface area contributed by atoms with Crippen LogP contribution in [0.1, 0.15) is 0 Å². The summed E-state index contributed by atoms with van der Waals surface area (Å²) < 4.78 is 9.54. The molecule has 0 bridgehead atoms. The van der Waals surface area contributed by atoms with E-state index >= 15 is 0 Å². The molecule has 1 atom stereocenters. The molecule has 1 amide bonds. The molecule has 35 heavy (non-hydrogen) atoms. The van der Waals surface area contributed by atoms with Crippen molar-refractivity contribution in [2.24, 2.45) is 7.05 Å². The number of carboxylic acid groups (broad SMARTS) is 1. The highest BCUT2D eigenvalue weighted by Gasteiger charge is 2.27. The van der Waals surface area contributed by atoms with Gasteiger partial charge in [-0.1, -0.05) is 30.3 Å². The third-order valence-corrected chi connectivity index (χ3v) is 5.96. The molecule has 0 aliphatic carbocycles. The fourth-order valence-corrected chi connectivity index (χ4v) is 4.23. The number of nitrogens with two attached hydrogens (primary N) is 1. The normalized spacial score (nSPS) is 16.0. The number of rotatable bonds is 4. The van der Waals surface area contributed by atoms with Crippen LogP contribution in [0.5, 0.6) is 0 Å². The molecular formula is C23H23N7O5. The van der Waals surface area contributed by atoms with Gasteiger partial charge < -0.3 is 25.0 Å². The highest BCUT2D eigenvalue weighted by Crippen LogP contribution is 2.33. The Balaban J connectivity index is 1.70. The molecule has 0 saturated carbocycles. The second kappa shape index (κ2) is 8.72. The SMILES string of the molecule is Cn1cc(-c2c(-c3ccccc3)nc(N)n3c(=O)n(CC4CN(C(=O)O)CCO4)nc23)ccc1=O. The minimum absolute atomic E-state index is 0.0388. The average molecular weight is 477 g/mol. The van der Waals surface area contributed by atoms with E-state index in [1.54, 1.807) is 19.3 Å². The number of nitrogens with zero attached hydrogens (tertiary/aromatic N) is 6. The monoisotopic (exact) mass is 477 g/mol. The first kappa shape index (κ1) is 22.3. The number of pyridine rings is 1. The third-order valence-electron chi connectivity index (χ3n) is 5.96. The van der Waals surface area contributed by atoms with Crippen LogP contribution in [0.3, 0.4) is 0 Å². The van der Waals surface area contributed by atoms with Gasteiger partial charge in [-0.05, 0) is 6.07 Å². The fourth-order valence-electron chi connectivity index (χ4n) is 4.23. The van der Waals surface area contributed by atoms with Gasteiger partial charge in [0.2, 0.25) is 11.5 Å². The number of hydrogen-bond acceptors (Lipinski definition) is 7. The van der Waals surface area contributed by atoms with Gasteiger partial charge in [0.25, 0.3) is 0 Å². The standard InChI is InChI=1S/C23H23N7O5/c1-27-11-15(7-8-17(27)31)18-19(14-5-3-2-4-6-14)25-21(24)30-20(18)26-29(22(30)32)13-16-12-28(23(33)34)9-10-35-16/h2-8,11,16H,9-10,12-13H2,1H3,(H2,24,25)(H,33,34). The zero-order valence-corrected chi connectivity index (χ0v) is 18.9. The second-order valence-corrected chi connectivity index (χ2v) is 8.27. The van der Waals surface area contributed by atoms with Gasteiger partial charge in [0, 0.05) is 37.0 Å². The number of aryl methyl sites for hydroxylation is 1. The van der Waals surface area contributed by atoms with Crippen molar-refractivity contribution in [3.8, 4) is 22.4 Å². The number of nitrogen functional groups attached to an aromatic ring is 1. The summed E-state index contributed by atoms with van der Waals surface area (Å²) >= 11 is 0. The van der Waals surface area contributed by atoms with Crippen LogP contribution in [0.2, 0.25) is 0 Å². The van der Waals surface area contributed by atoms with Crippen LogP contribution < -0.4 is 17.0 Å². The fraction of sp³-hybridized carbons (Fsp3) is 0.261. The zero-order valence-electron chi connectivity index (χ0n) is 18.9. The Morgan fingerprint density at radius 1 is 1.17 bits per heavy atom. The van der Waals surface area contributed by atoms with Crippen molar-refractivity contribution in [1.29, 1.82) is 0 Å². The van der Waals surface area contributed by atoms with E-state index in [-0.39, 0.29) is 43.4 Å². The number of fused-ring (bicyclic) bond motifs is 1. The van der Waals surface area contributed by atoms with E-state index in [1.807, 2.05) is 30.3 Å². The maximum absolute atomic E-state index is 13.3. The molecule has 4 heterocycles. The summed E-state index contributed by atoms with van der Waals surface area (Å²) in [5, 5.41) is 13.9. The van der Waals surface area contributed by atoms with Crippen molar-refractivity contribution in [1.82, 2.24) is 28.6 Å². The van der Waals surface area contributed by atoms with Gasteiger partial charge in [0.05, 0.1) is 37.1 Å². The molecule has 12 nitrogen and oxygen atoms in total. The van der Waals surface area contributed by atoms with Gasteiger partial charge in [-0.2, -0.15) is 0 Å². The Morgan fingerprint density at radius 2 is 1.94 bits per heavy atom. The predicted molar refractivity (Wildman–Crippen MR) is 127 cm³/mol. The van der Waals surface area contributed by atoms with Gasteiger partial charge in [-0.3, -0.25) is 4.79 Å². The molecule has 0 spiro atoms. The largest absolute Gasteiger partial charge is 0.465 e. The number of carbonyl (C=O) groups is 1. The molecular weight excluding hydrogens is 454 g/mol. The molecule has 180 valence electrons. The van der Waals surface area contributed by atoms with Gasteiger partial charge in [-0.15, -0.1) is 5.10 Å². The highest BCUT2D eigenvalue weighted by atomic mass is 16.5. The molecule has 1 unspecified atom stereocenters. The smallest absolute Gasteiger partial charge is 0.407 e. The van der Waals surface area contributed by atoms with Crippen molar-refractivity contribution in [2.75, 3.05) is 25.4 Å². The Labute approximate surface area is 198 Å². The lowest BCUT2D eigenvalue weighted by atomic mass is 10.0. The lowest BCUT2D eigenvalue weighted by Gasteiger charge is -2.30. The number of hydrogen-bond donors (Lipinski definition) is 2. The summed E-state index contributed by atoms with van der Waals surface area (Å²) in [4.78, 5) is 42.5. The van der Waals surface area contributed by atoms with Crippen molar-refractivity contribution in [2.45, 2.75) is 12.6 Å². The molecule has 1 aliphatic heterocycles. The average Bonchev–Trinajstić information content (AvgIpc) is 3.17. The number of ether oxygens (including phenoxy) is 1. The molecule has 12 heteroatoms. The van der Waals surface area contributed by atoms with Crippen LogP contribution >= 0.6 is 0 Å². The molecule has 1 fully saturated rings. The summed E-state index contributed by atoms with van der Waals surface area (Å²) in [5.41, 5.74) is 8.24. The van der Waals surface area contributed by atoms with Crippen LogP contribution in [0.25, 0.3) is 28.0 Å². The summed E-state index contributed by atoms with van der Waals surface area (Å²) in [6, 6.07) is 12.4. The van der Waals surface area contributed by atoms with Crippen LogP contribution in [-0.2, 0) is 18.3 Å². The molecule has 1 saturated heterocycles. The van der Waals surface area contributed by atoms with Crippen LogP contribution in [0.15, 0.2) is 58.3 Å². The summed E-state index contributed by atoms with van der Waals surface area (Å²) in [7, 11) is 1.63. The summed E-state index contributed by atoms with van der Waals surface area (Å²) in [6.45, 7) is 0.647. The minimum atomic E-state index is -1.04. The summed E-state index contributed by atoms with van der Waals surface area (Å²) in [6.07, 6.45) is 0.0605. The Hall–Kier alpha value is -4.45. The number of aromatic nitrogens is 5. The molecule has 1 aliphatic rings. The Kier molecular flexibility index (Phi) is 5.57. The maximum atomic E-state index is 13.3. The van der Waals surface area contributed by atoms with E-state index in [9.17, 15) is 19.5 Å². The minimum Gasteiger partial charge on any atom is -0.465 e. The van der Waals surface area contributed by atoms with E-state index in [2.05, 4.69) is 10.1 Å². The van der Waals surface area contributed by atoms with E-state index in [1.165, 1.54) is 24.6 Å². The van der Waals surface area contributed by atoms with Gasteiger partial charge >= 0.3 is 11.8 Å². The van der Waals surface area contributed by atoms with Crippen molar-refractivity contribution < 1.29 is 14.6 Å². The number of benzene rings is 1. The van der Waals surface area contributed by atoms with Gasteiger partial charge in [0.15, 0.2) is 5.65 Å². The lowest BCUT2D eigenvalue weighted by Crippen LogP contribution is -2.47. The molecule has 5 rings (SSSR count). The van der Waals surface area contributed by atoms with Crippen molar-refractivity contribution >= 4 is 17.7 Å². The maximum Gasteiger partial charge on any atom is 0.407 e. The van der Waals surface area contributed by atoms with Crippen LogP contribution in [-0.4, -0.2) is 65.6 Å². The topological polar surface area (TPSA) is 150 Å². The first-order chi connectivity index (χ1) is 16.8. The van der Waals surface area contributed by atoms with Crippen LogP contribution in [0, 0.1) is 0 Å². The molecule has 0 radical (unpaired) electrons. The number of morpholine rings is 1. The Morgan fingerprint density at radius 3 is 2.66 bits per heavy atom. The first-order valence-corrected chi connectivity index (χ1v) is 10.9. The Bertz CT molecular complexity index is 1540. The number of anilines is 1. The predicted octanol–water partition coefficient (Wildman–Crippen LogP) is 0.885. The highest BCUT2D eigenvalue weighted by molar-refractivity contribution is 5.90. The van der Waals surface area contributed by atoms with E-state index in [0.29, 0.717) is 16.8 Å². The summed E-state index contributed by atoms with van der Waals surface area (Å²) in [5.74, 6) is -0.0413. The van der Waals surface area contributed by atoms with E-state index < -0.39 is 17.9 Å². The van der Waals surface area contributed by atoms with Crippen LogP contribution in [0.4, 0.5) is 10.7 Å². The third kappa shape index (κ3) is 4.04. The second-order valence-electron chi connectivity index (χ2n) is 8.27. The van der Waals surface area contributed by atoms with Crippen molar-refractivity contribution in [3.05, 3.63) is 69.5 Å². The molecule has 4 aromatic rings. The van der Waals surface area contributed by atoms with E-state index in [0.717, 1.165) is 5.56 Å².